The number of aromatic nitrogens is 1. The largest absolute Gasteiger partial charge is 0.496 e. The summed E-state index contributed by atoms with van der Waals surface area (Å²) in [5.41, 5.74) is 3.47. The van der Waals surface area contributed by atoms with Crippen molar-refractivity contribution in [1.29, 1.82) is 0 Å². The lowest BCUT2D eigenvalue weighted by atomic mass is 9.48. The molecule has 0 N–H and O–H groups in total. The number of fused-ring (bicyclic) bond motifs is 4. The Morgan fingerprint density at radius 3 is 2.46 bits per heavy atom. The summed E-state index contributed by atoms with van der Waals surface area (Å²) in [4.78, 5) is 28.4. The molecule has 1 aromatic heterocycles. The molecule has 2 aromatic rings. The quantitative estimate of drug-likeness (QED) is 0.509. The van der Waals surface area contributed by atoms with Gasteiger partial charge in [-0.2, -0.15) is 0 Å². The number of rotatable bonds is 6. The Bertz CT molecular complexity index is 1270. The topological polar surface area (TPSA) is 51.5 Å². The van der Waals surface area contributed by atoms with Gasteiger partial charge in [-0.15, -0.1) is 0 Å². The first-order valence-corrected chi connectivity index (χ1v) is 14.3. The zero-order valence-corrected chi connectivity index (χ0v) is 21.9. The molecule has 3 heterocycles. The van der Waals surface area contributed by atoms with Gasteiger partial charge in [0, 0.05) is 54.8 Å². The number of hydrogen-bond donors (Lipinski definition) is 0. The summed E-state index contributed by atoms with van der Waals surface area (Å²) < 4.78 is 7.72. The van der Waals surface area contributed by atoms with Crippen molar-refractivity contribution in [3.63, 3.8) is 0 Å². The van der Waals surface area contributed by atoms with Crippen molar-refractivity contribution in [2.24, 2.45) is 29.1 Å². The van der Waals surface area contributed by atoms with Crippen molar-refractivity contribution in [3.8, 4) is 5.75 Å². The van der Waals surface area contributed by atoms with Crippen LogP contribution >= 0.6 is 0 Å². The summed E-state index contributed by atoms with van der Waals surface area (Å²) in [6.45, 7) is 3.57. The lowest BCUT2D eigenvalue weighted by Gasteiger charge is -2.55. The van der Waals surface area contributed by atoms with Gasteiger partial charge in [0.05, 0.1) is 7.11 Å². The standard InChI is InChI=1S/C32H38N2O3/c1-37-29-7-5-21(6-8-30(35)32-14-22-9-23(15-32)11-24(10-22)16-32)12-27(29)20-33-17-25-13-26(19-33)28-3-2-4-31(36)34(28)18-25/h2-8,12,22-26H,9-11,13-20H2,1H3/b8-6+/t22?,23?,24?,25-,26+,32?/m1/s1. The van der Waals surface area contributed by atoms with Gasteiger partial charge in [0.15, 0.2) is 5.78 Å². The molecule has 4 saturated carbocycles. The number of benzene rings is 1. The predicted molar refractivity (Wildman–Crippen MR) is 144 cm³/mol. The number of carbonyl (C=O) groups is 1. The van der Waals surface area contributed by atoms with E-state index in [-0.39, 0.29) is 11.0 Å². The third kappa shape index (κ3) is 4.20. The SMILES string of the molecule is COc1ccc(/C=C/C(=O)C23CC4CC(CC(C4)C2)C3)cc1CN1C[C@H]2C[C@@H](C1)c1cccc(=O)n1C2. The second kappa shape index (κ2) is 8.97. The smallest absolute Gasteiger partial charge is 0.250 e. The van der Waals surface area contributed by atoms with E-state index in [4.69, 9.17) is 4.74 Å². The Morgan fingerprint density at radius 1 is 0.973 bits per heavy atom. The average Bonchev–Trinajstić information content (AvgIpc) is 2.87. The zero-order chi connectivity index (χ0) is 25.1. The first kappa shape index (κ1) is 23.5. The molecule has 5 fully saturated rings. The summed E-state index contributed by atoms with van der Waals surface area (Å²) in [6, 6.07) is 12.0. The molecular weight excluding hydrogens is 460 g/mol. The minimum Gasteiger partial charge on any atom is -0.496 e. The molecule has 0 spiro atoms. The van der Waals surface area contributed by atoms with Crippen LogP contribution in [0.15, 0.2) is 47.3 Å². The van der Waals surface area contributed by atoms with Crippen molar-refractivity contribution in [3.05, 3.63) is 69.6 Å². The maximum Gasteiger partial charge on any atom is 0.250 e. The van der Waals surface area contributed by atoms with E-state index in [1.807, 2.05) is 28.9 Å². The van der Waals surface area contributed by atoms with Gasteiger partial charge in [-0.3, -0.25) is 14.5 Å². The number of likely N-dealkylation sites (tertiary alicyclic amines) is 1. The van der Waals surface area contributed by atoms with E-state index in [9.17, 15) is 9.59 Å². The minimum atomic E-state index is -0.0790. The van der Waals surface area contributed by atoms with Crippen LogP contribution in [0.3, 0.4) is 0 Å². The fourth-order valence-corrected chi connectivity index (χ4v) is 9.15. The zero-order valence-electron chi connectivity index (χ0n) is 21.9. The van der Waals surface area contributed by atoms with Crippen LogP contribution in [0.1, 0.15) is 67.7 Å². The molecular formula is C32H38N2O3. The summed E-state index contributed by atoms with van der Waals surface area (Å²) in [6.07, 6.45) is 12.5. The lowest BCUT2D eigenvalue weighted by Crippen LogP contribution is -2.49. The first-order chi connectivity index (χ1) is 18.0. The molecule has 2 aliphatic heterocycles. The molecule has 4 aliphatic carbocycles. The number of carbonyl (C=O) groups excluding carboxylic acids is 1. The second-order valence-electron chi connectivity index (χ2n) is 12.9. The Hall–Kier alpha value is -2.66. The van der Waals surface area contributed by atoms with E-state index in [1.165, 1.54) is 25.0 Å². The van der Waals surface area contributed by atoms with Crippen LogP contribution in [-0.4, -0.2) is 35.4 Å². The van der Waals surface area contributed by atoms with Crippen LogP contribution < -0.4 is 10.3 Å². The lowest BCUT2D eigenvalue weighted by molar-refractivity contribution is -0.138. The number of piperidine rings is 1. The third-order valence-corrected chi connectivity index (χ3v) is 10.2. The molecule has 8 rings (SSSR count). The molecule has 5 heteroatoms. The van der Waals surface area contributed by atoms with E-state index in [2.05, 4.69) is 23.1 Å². The van der Waals surface area contributed by atoms with Crippen LogP contribution in [0, 0.1) is 29.1 Å². The van der Waals surface area contributed by atoms with E-state index in [1.54, 1.807) is 13.2 Å². The Labute approximate surface area is 219 Å². The van der Waals surface area contributed by atoms with Gasteiger partial charge in [-0.25, -0.2) is 0 Å². The van der Waals surface area contributed by atoms with Crippen molar-refractivity contribution in [2.45, 2.75) is 64.0 Å². The van der Waals surface area contributed by atoms with Crippen LogP contribution in [0.25, 0.3) is 6.08 Å². The summed E-state index contributed by atoms with van der Waals surface area (Å²) in [5.74, 6) is 4.51. The van der Waals surface area contributed by atoms with E-state index in [0.29, 0.717) is 17.6 Å². The Balaban J connectivity index is 1.08. The number of ether oxygens (including phenoxy) is 1. The van der Waals surface area contributed by atoms with Crippen LogP contribution in [0.5, 0.6) is 5.75 Å². The highest BCUT2D eigenvalue weighted by molar-refractivity contribution is 5.98. The molecule has 0 unspecified atom stereocenters. The molecule has 0 radical (unpaired) electrons. The first-order valence-electron chi connectivity index (χ1n) is 14.3. The molecule has 1 saturated heterocycles. The van der Waals surface area contributed by atoms with Crippen molar-refractivity contribution in [2.75, 3.05) is 20.2 Å². The predicted octanol–water partition coefficient (Wildman–Crippen LogP) is 5.27. The van der Waals surface area contributed by atoms with E-state index in [0.717, 1.165) is 86.5 Å². The van der Waals surface area contributed by atoms with Crippen LogP contribution in [0.2, 0.25) is 0 Å². The van der Waals surface area contributed by atoms with Crippen molar-refractivity contribution >= 4 is 11.9 Å². The van der Waals surface area contributed by atoms with Gasteiger partial charge in [0.2, 0.25) is 0 Å². The molecule has 6 bridgehead atoms. The van der Waals surface area contributed by atoms with Crippen LogP contribution in [0.4, 0.5) is 0 Å². The van der Waals surface area contributed by atoms with Gasteiger partial charge in [-0.1, -0.05) is 18.2 Å². The monoisotopic (exact) mass is 498 g/mol. The van der Waals surface area contributed by atoms with Crippen molar-refractivity contribution < 1.29 is 9.53 Å². The molecule has 194 valence electrons. The van der Waals surface area contributed by atoms with E-state index < -0.39 is 0 Å². The Kier molecular flexibility index (Phi) is 5.69. The summed E-state index contributed by atoms with van der Waals surface area (Å²) in [7, 11) is 1.73. The molecule has 0 amide bonds. The maximum absolute atomic E-state index is 13.5. The molecule has 6 aliphatic rings. The van der Waals surface area contributed by atoms with Gasteiger partial charge >= 0.3 is 0 Å². The average molecular weight is 499 g/mol. The second-order valence-corrected chi connectivity index (χ2v) is 12.9. The van der Waals surface area contributed by atoms with Gasteiger partial charge < -0.3 is 9.30 Å². The van der Waals surface area contributed by atoms with Gasteiger partial charge in [-0.05, 0) is 98.5 Å². The summed E-state index contributed by atoms with van der Waals surface area (Å²) >= 11 is 0. The highest BCUT2D eigenvalue weighted by Gasteiger charge is 2.53. The van der Waals surface area contributed by atoms with Crippen molar-refractivity contribution in [1.82, 2.24) is 9.47 Å². The van der Waals surface area contributed by atoms with Crippen LogP contribution in [-0.2, 0) is 17.9 Å². The van der Waals surface area contributed by atoms with E-state index >= 15 is 0 Å². The fourth-order valence-electron chi connectivity index (χ4n) is 9.15. The van der Waals surface area contributed by atoms with Gasteiger partial charge in [0.25, 0.3) is 5.56 Å². The number of allylic oxidation sites excluding steroid dienone is 1. The molecule has 37 heavy (non-hydrogen) atoms. The highest BCUT2D eigenvalue weighted by atomic mass is 16.5. The number of ketones is 1. The van der Waals surface area contributed by atoms with Gasteiger partial charge in [0.1, 0.15) is 5.75 Å². The Morgan fingerprint density at radius 2 is 1.73 bits per heavy atom. The highest BCUT2D eigenvalue weighted by Crippen LogP contribution is 2.60. The molecule has 1 aromatic carbocycles. The normalized spacial score (nSPS) is 34.0. The molecule has 5 nitrogen and oxygen atoms in total. The fraction of sp³-hybridized carbons (Fsp3) is 0.562. The number of hydrogen-bond acceptors (Lipinski definition) is 4. The third-order valence-electron chi connectivity index (χ3n) is 10.2. The summed E-state index contributed by atoms with van der Waals surface area (Å²) in [5, 5.41) is 0. The maximum atomic E-state index is 13.5. The number of nitrogens with zero attached hydrogens (tertiary/aromatic N) is 2. The molecule has 2 atom stereocenters. The number of methoxy groups -OCH3 is 1. The number of pyridine rings is 1. The minimum absolute atomic E-state index is 0.0790.